The van der Waals surface area contributed by atoms with Gasteiger partial charge in [-0.15, -0.1) is 23.7 Å². The molecule has 1 aliphatic heterocycles. The van der Waals surface area contributed by atoms with E-state index in [1.54, 1.807) is 11.3 Å². The smallest absolute Gasteiger partial charge is 0.240 e. The maximum absolute atomic E-state index is 12.2. The van der Waals surface area contributed by atoms with Crippen molar-refractivity contribution in [3.05, 3.63) is 20.8 Å². The van der Waals surface area contributed by atoms with Gasteiger partial charge < -0.3 is 10.6 Å². The average Bonchev–Trinajstić information content (AvgIpc) is 2.95. The van der Waals surface area contributed by atoms with Crippen LogP contribution in [-0.4, -0.2) is 18.0 Å². The molecule has 0 radical (unpaired) electrons. The first-order valence-electron chi connectivity index (χ1n) is 5.93. The molecular formula is C12H18BrClN2OS. The summed E-state index contributed by atoms with van der Waals surface area (Å²) in [5.41, 5.74) is -0.330. The number of halogens is 2. The monoisotopic (exact) mass is 352 g/mol. The van der Waals surface area contributed by atoms with Crippen LogP contribution in [0.5, 0.6) is 0 Å². The molecule has 0 bridgehead atoms. The Morgan fingerprint density at radius 2 is 2.44 bits per heavy atom. The number of rotatable bonds is 4. The van der Waals surface area contributed by atoms with Crippen LogP contribution >= 0.6 is 39.7 Å². The van der Waals surface area contributed by atoms with Gasteiger partial charge in [0.1, 0.15) is 0 Å². The fourth-order valence-electron chi connectivity index (χ4n) is 2.24. The molecule has 1 atom stereocenters. The van der Waals surface area contributed by atoms with Crippen molar-refractivity contribution in [2.75, 3.05) is 6.54 Å². The van der Waals surface area contributed by atoms with Crippen molar-refractivity contribution < 1.29 is 4.79 Å². The zero-order valence-corrected chi connectivity index (χ0v) is 13.5. The van der Waals surface area contributed by atoms with Gasteiger partial charge in [0.2, 0.25) is 5.91 Å². The van der Waals surface area contributed by atoms with E-state index >= 15 is 0 Å². The van der Waals surface area contributed by atoms with E-state index in [-0.39, 0.29) is 23.9 Å². The van der Waals surface area contributed by atoms with Gasteiger partial charge in [0.05, 0.1) is 12.1 Å². The van der Waals surface area contributed by atoms with Crippen LogP contribution in [0.15, 0.2) is 15.9 Å². The van der Waals surface area contributed by atoms with Crippen molar-refractivity contribution in [1.82, 2.24) is 10.6 Å². The van der Waals surface area contributed by atoms with Crippen molar-refractivity contribution >= 4 is 45.6 Å². The average molecular weight is 354 g/mol. The van der Waals surface area contributed by atoms with E-state index in [0.717, 1.165) is 30.3 Å². The van der Waals surface area contributed by atoms with Crippen molar-refractivity contribution in [3.8, 4) is 0 Å². The highest BCUT2D eigenvalue weighted by atomic mass is 79.9. The van der Waals surface area contributed by atoms with Gasteiger partial charge in [0.15, 0.2) is 0 Å². The molecule has 1 unspecified atom stereocenters. The molecule has 1 aliphatic rings. The lowest BCUT2D eigenvalue weighted by atomic mass is 9.93. The third-order valence-corrected chi connectivity index (χ3v) is 5.31. The summed E-state index contributed by atoms with van der Waals surface area (Å²) >= 11 is 5.13. The molecule has 0 aliphatic carbocycles. The fraction of sp³-hybridized carbons (Fsp3) is 0.583. The van der Waals surface area contributed by atoms with Gasteiger partial charge in [-0.2, -0.15) is 0 Å². The molecule has 0 spiro atoms. The molecule has 3 nitrogen and oxygen atoms in total. The second-order valence-corrected chi connectivity index (χ2v) is 6.20. The Labute approximate surface area is 126 Å². The Morgan fingerprint density at radius 1 is 1.67 bits per heavy atom. The van der Waals surface area contributed by atoms with Crippen LogP contribution in [0, 0.1) is 0 Å². The van der Waals surface area contributed by atoms with Gasteiger partial charge >= 0.3 is 0 Å². The second kappa shape index (κ2) is 6.89. The van der Waals surface area contributed by atoms with E-state index in [1.807, 2.05) is 11.4 Å². The topological polar surface area (TPSA) is 41.1 Å². The number of hydrogen-bond donors (Lipinski definition) is 2. The van der Waals surface area contributed by atoms with Crippen LogP contribution < -0.4 is 10.6 Å². The Kier molecular flexibility index (Phi) is 6.11. The lowest BCUT2D eigenvalue weighted by molar-refractivity contribution is -0.127. The van der Waals surface area contributed by atoms with Gasteiger partial charge in [-0.05, 0) is 53.2 Å². The van der Waals surface area contributed by atoms with E-state index in [1.165, 1.54) is 4.88 Å². The van der Waals surface area contributed by atoms with Crippen LogP contribution in [0.3, 0.4) is 0 Å². The highest BCUT2D eigenvalue weighted by Gasteiger charge is 2.38. The first kappa shape index (κ1) is 16.0. The molecule has 102 valence electrons. The van der Waals surface area contributed by atoms with Gasteiger partial charge in [-0.1, -0.05) is 6.92 Å². The standard InChI is InChI=1S/C12H17BrN2OS.ClH/c1-2-12(5-3-6-15-12)11(16)14-8-10-9(13)4-7-17-10;/h4,7,15H,2-3,5-6,8H2,1H3,(H,14,16);1H. The number of thiophene rings is 1. The molecule has 2 rings (SSSR count). The lowest BCUT2D eigenvalue weighted by Gasteiger charge is -2.26. The number of amides is 1. The molecule has 0 saturated carbocycles. The maximum atomic E-state index is 12.2. The van der Waals surface area contributed by atoms with Gasteiger partial charge in [-0.25, -0.2) is 0 Å². The van der Waals surface area contributed by atoms with Crippen molar-refractivity contribution in [2.45, 2.75) is 38.3 Å². The number of carbonyl (C=O) groups excluding carboxylic acids is 1. The molecule has 1 fully saturated rings. The summed E-state index contributed by atoms with van der Waals surface area (Å²) in [6.45, 7) is 3.63. The maximum Gasteiger partial charge on any atom is 0.240 e. The molecule has 18 heavy (non-hydrogen) atoms. The molecule has 1 amide bonds. The molecule has 2 N–H and O–H groups in total. The summed E-state index contributed by atoms with van der Waals surface area (Å²) in [6, 6.07) is 2.01. The first-order valence-corrected chi connectivity index (χ1v) is 7.60. The normalized spacial score (nSPS) is 22.6. The SMILES string of the molecule is CCC1(C(=O)NCc2sccc2Br)CCCN1.Cl. The van der Waals surface area contributed by atoms with Crippen molar-refractivity contribution in [3.63, 3.8) is 0 Å². The fourth-order valence-corrected chi connectivity index (χ4v) is 3.68. The molecule has 6 heteroatoms. The van der Waals surface area contributed by atoms with E-state index in [9.17, 15) is 4.79 Å². The second-order valence-electron chi connectivity index (χ2n) is 4.34. The predicted octanol–water partition coefficient (Wildman–Crippen LogP) is 3.08. The van der Waals surface area contributed by atoms with Crippen LogP contribution in [0.4, 0.5) is 0 Å². The highest BCUT2D eigenvalue weighted by Crippen LogP contribution is 2.25. The Bertz CT molecular complexity index is 405. The highest BCUT2D eigenvalue weighted by molar-refractivity contribution is 9.10. The molecule has 1 aromatic heterocycles. The van der Waals surface area contributed by atoms with Crippen LogP contribution in [-0.2, 0) is 11.3 Å². The predicted molar refractivity (Wildman–Crippen MR) is 81.4 cm³/mol. The minimum Gasteiger partial charge on any atom is -0.350 e. The Morgan fingerprint density at radius 3 is 2.94 bits per heavy atom. The molecule has 1 saturated heterocycles. The Hall–Kier alpha value is -0.100. The van der Waals surface area contributed by atoms with Gasteiger partial charge in [0, 0.05) is 9.35 Å². The quantitative estimate of drug-likeness (QED) is 0.873. The first-order chi connectivity index (χ1) is 8.18. The zero-order valence-electron chi connectivity index (χ0n) is 10.3. The van der Waals surface area contributed by atoms with E-state index in [4.69, 9.17) is 0 Å². The zero-order chi connectivity index (χ0) is 12.3. The van der Waals surface area contributed by atoms with Crippen LogP contribution in [0.2, 0.25) is 0 Å². The minimum atomic E-state index is -0.330. The minimum absolute atomic E-state index is 0. The molecular weight excluding hydrogens is 336 g/mol. The molecule has 2 heterocycles. The summed E-state index contributed by atoms with van der Waals surface area (Å²) < 4.78 is 1.08. The third kappa shape index (κ3) is 3.26. The number of carbonyl (C=O) groups is 1. The van der Waals surface area contributed by atoms with Crippen LogP contribution in [0.25, 0.3) is 0 Å². The van der Waals surface area contributed by atoms with Gasteiger partial charge in [-0.3, -0.25) is 4.79 Å². The largest absolute Gasteiger partial charge is 0.350 e. The number of hydrogen-bond acceptors (Lipinski definition) is 3. The summed E-state index contributed by atoms with van der Waals surface area (Å²) in [4.78, 5) is 13.4. The number of nitrogens with one attached hydrogen (secondary N) is 2. The summed E-state index contributed by atoms with van der Waals surface area (Å²) in [5, 5.41) is 8.41. The van der Waals surface area contributed by atoms with E-state index < -0.39 is 0 Å². The van der Waals surface area contributed by atoms with Crippen molar-refractivity contribution in [2.24, 2.45) is 0 Å². The summed E-state index contributed by atoms with van der Waals surface area (Å²) in [6.07, 6.45) is 2.88. The summed E-state index contributed by atoms with van der Waals surface area (Å²) in [5.74, 6) is 0.137. The third-order valence-electron chi connectivity index (χ3n) is 3.38. The van der Waals surface area contributed by atoms with E-state index in [2.05, 4.69) is 33.5 Å². The molecule has 1 aromatic rings. The summed E-state index contributed by atoms with van der Waals surface area (Å²) in [7, 11) is 0. The van der Waals surface area contributed by atoms with Crippen molar-refractivity contribution in [1.29, 1.82) is 0 Å². The Balaban J connectivity index is 0.00000162. The van der Waals surface area contributed by atoms with E-state index in [0.29, 0.717) is 6.54 Å². The van der Waals surface area contributed by atoms with Gasteiger partial charge in [0.25, 0.3) is 0 Å². The lowest BCUT2D eigenvalue weighted by Crippen LogP contribution is -2.52. The van der Waals surface area contributed by atoms with Crippen LogP contribution in [0.1, 0.15) is 31.1 Å². The molecule has 0 aromatic carbocycles.